The predicted octanol–water partition coefficient (Wildman–Crippen LogP) is 0.410. The minimum absolute atomic E-state index is 0. The largest absolute Gasteiger partial charge is 0.477 e. The van der Waals surface area contributed by atoms with Crippen LogP contribution in [0.15, 0.2) is 24.4 Å². The third-order valence-electron chi connectivity index (χ3n) is 1.14. The third-order valence-corrected chi connectivity index (χ3v) is 1.14. The number of rotatable bonds is 1. The Kier molecular flexibility index (Phi) is 4.04. The molecule has 1 rings (SSSR count). The number of allylic oxidation sites excluding steroid dienone is 2. The zero-order valence-electron chi connectivity index (χ0n) is 5.30. The smallest absolute Gasteiger partial charge is 0.366 e. The number of aliphatic carboxylic acids is 1. The van der Waals surface area contributed by atoms with E-state index in [0.717, 1.165) is 6.08 Å². The van der Waals surface area contributed by atoms with Crippen LogP contribution in [0, 0.1) is 36.9 Å². The van der Waals surface area contributed by atoms with Crippen molar-refractivity contribution in [1.29, 1.82) is 0 Å². The first-order valence-electron chi connectivity index (χ1n) is 2.69. The number of dihydropyridines is 1. The molecule has 0 saturated heterocycles. The molecule has 5 heteroatoms. The Morgan fingerprint density at radius 2 is 2.18 bits per heavy atom. The van der Waals surface area contributed by atoms with Gasteiger partial charge in [-0.3, -0.25) is 0 Å². The van der Waals surface area contributed by atoms with Crippen molar-refractivity contribution in [3.05, 3.63) is 24.4 Å². The molecule has 1 unspecified atom stereocenters. The first-order chi connectivity index (χ1) is 4.65. The molecule has 69 valence electrons. The van der Waals surface area contributed by atoms with E-state index in [-0.39, 0.29) is 36.9 Å². The zero-order valence-corrected chi connectivity index (χ0v) is 6.96. The van der Waals surface area contributed by atoms with Crippen LogP contribution in [0.25, 0.3) is 0 Å². The molecule has 1 radical (unpaired) electrons. The van der Waals surface area contributed by atoms with Crippen LogP contribution in [-0.2, 0) is 4.79 Å². The molecule has 11 heavy (non-hydrogen) atoms. The van der Waals surface area contributed by atoms with Crippen molar-refractivity contribution in [1.82, 2.24) is 5.32 Å². The van der Waals surface area contributed by atoms with Gasteiger partial charge in [0.1, 0.15) is 0 Å². The molecule has 0 fully saturated rings. The molecule has 2 N–H and O–H groups in total. The Labute approximate surface area is 92.2 Å². The van der Waals surface area contributed by atoms with E-state index >= 15 is 0 Å². The van der Waals surface area contributed by atoms with Crippen molar-refractivity contribution in [3.63, 3.8) is 0 Å². The molecule has 1 aliphatic rings. The first-order valence-corrected chi connectivity index (χ1v) is 2.69. The van der Waals surface area contributed by atoms with Gasteiger partial charge < -0.3 is 10.4 Å². The Hall–Kier alpha value is -0.0862. The van der Waals surface area contributed by atoms with Gasteiger partial charge in [0, 0.05) is 36.9 Å². The number of carboxylic acid groups (broad SMARTS) is 1. The Bertz CT molecular complexity index is 217. The molecule has 0 bridgehead atoms. The number of hydrogen-bond donors (Lipinski definition) is 2. The number of halogens is 1. The van der Waals surface area contributed by atoms with Crippen molar-refractivity contribution in [2.24, 2.45) is 0 Å². The summed E-state index contributed by atoms with van der Waals surface area (Å²) in [6, 6.07) is 0. The number of alkyl halides is 1. The van der Waals surface area contributed by atoms with Crippen LogP contribution in [0.1, 0.15) is 0 Å². The zero-order chi connectivity index (χ0) is 7.61. The van der Waals surface area contributed by atoms with Crippen LogP contribution in [-0.4, -0.2) is 16.9 Å². The van der Waals surface area contributed by atoms with E-state index < -0.39 is 11.8 Å². The van der Waals surface area contributed by atoms with Crippen LogP contribution in [0.5, 0.6) is 0 Å². The molecule has 0 spiro atoms. The summed E-state index contributed by atoms with van der Waals surface area (Å²) in [7, 11) is 0. The topological polar surface area (TPSA) is 49.3 Å². The van der Waals surface area contributed by atoms with E-state index in [1.54, 1.807) is 0 Å². The van der Waals surface area contributed by atoms with E-state index in [1.807, 2.05) is 0 Å². The van der Waals surface area contributed by atoms with E-state index in [2.05, 4.69) is 5.32 Å². The molecular formula is C6H6FLuNO2. The number of carbonyl (C=O) groups is 1. The van der Waals surface area contributed by atoms with Crippen molar-refractivity contribution in [3.8, 4) is 0 Å². The fourth-order valence-corrected chi connectivity index (χ4v) is 0.594. The van der Waals surface area contributed by atoms with Gasteiger partial charge in [0.05, 0.1) is 0 Å². The summed E-state index contributed by atoms with van der Waals surface area (Å²) < 4.78 is 12.8. The fourth-order valence-electron chi connectivity index (χ4n) is 0.594. The summed E-state index contributed by atoms with van der Waals surface area (Å²) in [4.78, 5) is 10.2. The fraction of sp³-hybridized carbons (Fsp3) is 0.167. The Balaban J connectivity index is 0.000001000. The van der Waals surface area contributed by atoms with E-state index in [0.29, 0.717) is 0 Å². The number of hydrogen-bond acceptors (Lipinski definition) is 2. The minimum atomic E-state index is -2.42. The van der Waals surface area contributed by atoms with E-state index in [4.69, 9.17) is 5.11 Å². The van der Waals surface area contributed by atoms with Crippen molar-refractivity contribution < 1.29 is 51.2 Å². The normalized spacial score (nSPS) is 27.0. The van der Waals surface area contributed by atoms with Crippen molar-refractivity contribution in [2.45, 2.75) is 5.79 Å². The average molecular weight is 318 g/mol. The summed E-state index contributed by atoms with van der Waals surface area (Å²) in [5.74, 6) is -3.96. The van der Waals surface area contributed by atoms with Gasteiger partial charge in [-0.25, -0.2) is 9.18 Å². The summed E-state index contributed by atoms with van der Waals surface area (Å²) >= 11 is 0. The van der Waals surface area contributed by atoms with Gasteiger partial charge in [-0.2, -0.15) is 0 Å². The maximum Gasteiger partial charge on any atom is 0.366 e. The van der Waals surface area contributed by atoms with Gasteiger partial charge in [-0.15, -0.1) is 0 Å². The second kappa shape index (κ2) is 4.07. The van der Waals surface area contributed by atoms with E-state index in [1.165, 1.54) is 18.4 Å². The van der Waals surface area contributed by atoms with Gasteiger partial charge in [0.25, 0.3) is 5.79 Å². The van der Waals surface area contributed by atoms with Gasteiger partial charge in [0.15, 0.2) is 0 Å². The second-order valence-corrected chi connectivity index (χ2v) is 1.88. The van der Waals surface area contributed by atoms with Crippen LogP contribution in [0.3, 0.4) is 0 Å². The first kappa shape index (κ1) is 10.9. The third kappa shape index (κ3) is 2.45. The summed E-state index contributed by atoms with van der Waals surface area (Å²) in [5, 5.41) is 10.3. The maximum atomic E-state index is 12.8. The monoisotopic (exact) mass is 318 g/mol. The SMILES string of the molecule is O=C(O)C1(F)C=CC=CN1.[Lu]. The van der Waals surface area contributed by atoms with Gasteiger partial charge >= 0.3 is 5.97 Å². The summed E-state index contributed by atoms with van der Waals surface area (Å²) in [6.45, 7) is 0. The van der Waals surface area contributed by atoms with E-state index in [9.17, 15) is 9.18 Å². The van der Waals surface area contributed by atoms with Crippen molar-refractivity contribution in [2.75, 3.05) is 0 Å². The standard InChI is InChI=1S/C6H6FNO2.Lu/c7-6(5(9)10)3-1-2-4-8-6;/h1-4,8H,(H,9,10);. The summed E-state index contributed by atoms with van der Waals surface area (Å²) in [5.41, 5.74) is 0. The molecule has 0 amide bonds. The molecule has 0 aliphatic carbocycles. The molecule has 1 aliphatic heterocycles. The average Bonchev–Trinajstić information content (AvgIpc) is 1.89. The molecular weight excluding hydrogens is 312 g/mol. The molecule has 3 nitrogen and oxygen atoms in total. The molecule has 1 atom stereocenters. The Morgan fingerprint density at radius 3 is 2.45 bits per heavy atom. The molecule has 0 saturated carbocycles. The van der Waals surface area contributed by atoms with Crippen LogP contribution in [0.4, 0.5) is 4.39 Å². The molecule has 0 aromatic carbocycles. The van der Waals surface area contributed by atoms with Crippen LogP contribution in [0.2, 0.25) is 0 Å². The van der Waals surface area contributed by atoms with Gasteiger partial charge in [-0.1, -0.05) is 6.08 Å². The minimum Gasteiger partial charge on any atom is -0.477 e. The maximum absolute atomic E-state index is 12.8. The predicted molar refractivity (Wildman–Crippen MR) is 32.9 cm³/mol. The van der Waals surface area contributed by atoms with Gasteiger partial charge in [-0.05, 0) is 18.4 Å². The number of nitrogens with one attached hydrogen (secondary N) is 1. The molecule has 1 heterocycles. The van der Waals surface area contributed by atoms with Crippen molar-refractivity contribution >= 4 is 5.97 Å². The quantitative estimate of drug-likeness (QED) is 0.689. The van der Waals surface area contributed by atoms with Gasteiger partial charge in [0.2, 0.25) is 0 Å². The van der Waals surface area contributed by atoms with Crippen LogP contribution >= 0.6 is 0 Å². The second-order valence-electron chi connectivity index (χ2n) is 1.88. The summed E-state index contributed by atoms with van der Waals surface area (Å²) in [6.07, 6.45) is 5.04. The number of carboxylic acids is 1. The molecule has 0 aromatic heterocycles. The van der Waals surface area contributed by atoms with Crippen LogP contribution < -0.4 is 5.32 Å². The Morgan fingerprint density at radius 1 is 1.55 bits per heavy atom. The molecule has 0 aromatic rings.